The first kappa shape index (κ1) is 18.3. The van der Waals surface area contributed by atoms with E-state index in [1.165, 1.54) is 0 Å². The number of benzene rings is 1. The molecule has 7 heteroatoms. The SMILES string of the molecule is Cc1ccc2oc(N3CCC(C(=O)NC(C)c4ccc(O)cc4)CC3)nc2n1. The molecule has 0 spiro atoms. The molecule has 4 rings (SSSR count). The van der Waals surface area contributed by atoms with Crippen molar-refractivity contribution < 1.29 is 14.3 Å². The second kappa shape index (κ2) is 7.50. The quantitative estimate of drug-likeness (QED) is 0.721. The normalized spacial score (nSPS) is 16.3. The van der Waals surface area contributed by atoms with E-state index in [2.05, 4.69) is 20.2 Å². The van der Waals surface area contributed by atoms with E-state index < -0.39 is 0 Å². The number of carbonyl (C=O) groups excluding carboxylic acids is 1. The molecule has 1 saturated heterocycles. The van der Waals surface area contributed by atoms with Crippen LogP contribution in [0.4, 0.5) is 6.01 Å². The molecule has 0 radical (unpaired) electrons. The number of anilines is 1. The lowest BCUT2D eigenvalue weighted by molar-refractivity contribution is -0.126. The molecule has 2 N–H and O–H groups in total. The first-order chi connectivity index (χ1) is 13.5. The average Bonchev–Trinajstić information content (AvgIpc) is 3.11. The van der Waals surface area contributed by atoms with Gasteiger partial charge in [-0.25, -0.2) is 4.98 Å². The molecule has 28 heavy (non-hydrogen) atoms. The van der Waals surface area contributed by atoms with E-state index in [9.17, 15) is 9.90 Å². The Labute approximate surface area is 163 Å². The number of fused-ring (bicyclic) bond motifs is 1. The summed E-state index contributed by atoms with van der Waals surface area (Å²) in [7, 11) is 0. The summed E-state index contributed by atoms with van der Waals surface area (Å²) in [5.41, 5.74) is 3.18. The summed E-state index contributed by atoms with van der Waals surface area (Å²) in [4.78, 5) is 23.6. The van der Waals surface area contributed by atoms with Crippen LogP contribution in [-0.2, 0) is 4.79 Å². The minimum Gasteiger partial charge on any atom is -0.508 e. The highest BCUT2D eigenvalue weighted by Gasteiger charge is 2.28. The highest BCUT2D eigenvalue weighted by Crippen LogP contribution is 2.26. The zero-order valence-electron chi connectivity index (χ0n) is 16.1. The minimum absolute atomic E-state index is 0.0273. The highest BCUT2D eigenvalue weighted by atomic mass is 16.4. The number of aryl methyl sites for hydroxylation is 1. The molecule has 1 aromatic carbocycles. The number of aromatic hydroxyl groups is 1. The van der Waals surface area contributed by atoms with Crippen molar-refractivity contribution in [1.29, 1.82) is 0 Å². The lowest BCUT2D eigenvalue weighted by Gasteiger charge is -2.30. The van der Waals surface area contributed by atoms with Gasteiger partial charge in [-0.15, -0.1) is 0 Å². The molecule has 0 saturated carbocycles. The summed E-state index contributed by atoms with van der Waals surface area (Å²) in [5, 5.41) is 12.5. The van der Waals surface area contributed by atoms with Crippen molar-refractivity contribution in [3.05, 3.63) is 47.7 Å². The predicted octanol–water partition coefficient (Wildman–Crippen LogP) is 3.33. The molecule has 1 atom stereocenters. The molecular formula is C21H24N4O3. The first-order valence-corrected chi connectivity index (χ1v) is 9.58. The van der Waals surface area contributed by atoms with E-state index in [1.807, 2.05) is 38.1 Å². The van der Waals surface area contributed by atoms with Crippen LogP contribution in [0.3, 0.4) is 0 Å². The van der Waals surface area contributed by atoms with E-state index in [-0.39, 0.29) is 23.6 Å². The number of hydrogen-bond acceptors (Lipinski definition) is 6. The number of pyridine rings is 1. The van der Waals surface area contributed by atoms with Gasteiger partial charge in [-0.2, -0.15) is 4.98 Å². The standard InChI is InChI=1S/C21H24N4O3/c1-13-3-8-18-19(22-13)24-21(28-18)25-11-9-16(10-12-25)20(27)23-14(2)15-4-6-17(26)7-5-15/h3-8,14,16,26H,9-12H2,1-2H3,(H,23,27). The lowest BCUT2D eigenvalue weighted by atomic mass is 9.95. The van der Waals surface area contributed by atoms with Gasteiger partial charge in [0.25, 0.3) is 6.01 Å². The molecule has 0 bridgehead atoms. The maximum atomic E-state index is 12.6. The average molecular weight is 380 g/mol. The van der Waals surface area contributed by atoms with Gasteiger partial charge >= 0.3 is 0 Å². The number of nitrogens with one attached hydrogen (secondary N) is 1. The molecule has 146 valence electrons. The molecule has 1 aliphatic heterocycles. The number of aromatic nitrogens is 2. The smallest absolute Gasteiger partial charge is 0.299 e. The Morgan fingerprint density at radius 2 is 1.89 bits per heavy atom. The second-order valence-corrected chi connectivity index (χ2v) is 7.35. The topological polar surface area (TPSA) is 91.5 Å². The van der Waals surface area contributed by atoms with Crippen LogP contribution in [0.25, 0.3) is 11.2 Å². The van der Waals surface area contributed by atoms with Gasteiger partial charge in [0.2, 0.25) is 11.6 Å². The number of rotatable bonds is 4. The van der Waals surface area contributed by atoms with Crippen LogP contribution in [0.15, 0.2) is 40.8 Å². The van der Waals surface area contributed by atoms with Gasteiger partial charge < -0.3 is 19.7 Å². The van der Waals surface area contributed by atoms with Crippen LogP contribution >= 0.6 is 0 Å². The fraction of sp³-hybridized carbons (Fsp3) is 0.381. The lowest BCUT2D eigenvalue weighted by Crippen LogP contribution is -2.41. The second-order valence-electron chi connectivity index (χ2n) is 7.35. The fourth-order valence-electron chi connectivity index (χ4n) is 3.55. The molecule has 1 amide bonds. The summed E-state index contributed by atoms with van der Waals surface area (Å²) < 4.78 is 5.82. The minimum atomic E-state index is -0.0996. The Bertz CT molecular complexity index is 975. The number of oxazole rings is 1. The van der Waals surface area contributed by atoms with Gasteiger partial charge in [0.15, 0.2) is 5.58 Å². The van der Waals surface area contributed by atoms with Crippen molar-refractivity contribution in [3.63, 3.8) is 0 Å². The largest absolute Gasteiger partial charge is 0.508 e. The van der Waals surface area contributed by atoms with Crippen molar-refractivity contribution in [2.45, 2.75) is 32.7 Å². The van der Waals surface area contributed by atoms with Gasteiger partial charge in [-0.05, 0) is 56.5 Å². The van der Waals surface area contributed by atoms with Crippen LogP contribution in [0.1, 0.15) is 37.1 Å². The third-order valence-corrected chi connectivity index (χ3v) is 5.27. The molecule has 3 aromatic rings. The molecule has 0 aliphatic carbocycles. The number of hydrogen-bond donors (Lipinski definition) is 2. The van der Waals surface area contributed by atoms with Crippen LogP contribution in [0.5, 0.6) is 5.75 Å². The number of piperidine rings is 1. The van der Waals surface area contributed by atoms with Gasteiger partial charge in [0, 0.05) is 24.7 Å². The van der Waals surface area contributed by atoms with Crippen LogP contribution in [0.2, 0.25) is 0 Å². The number of phenolic OH excluding ortho intramolecular Hbond substituents is 1. The van der Waals surface area contributed by atoms with E-state index in [4.69, 9.17) is 4.42 Å². The van der Waals surface area contributed by atoms with Crippen molar-refractivity contribution >= 4 is 23.2 Å². The van der Waals surface area contributed by atoms with Crippen LogP contribution < -0.4 is 10.2 Å². The number of phenols is 1. The first-order valence-electron chi connectivity index (χ1n) is 9.58. The molecule has 7 nitrogen and oxygen atoms in total. The number of amides is 1. The maximum Gasteiger partial charge on any atom is 0.299 e. The van der Waals surface area contributed by atoms with Crippen molar-refractivity contribution in [3.8, 4) is 5.75 Å². The number of carbonyl (C=O) groups is 1. The molecule has 1 fully saturated rings. The summed E-state index contributed by atoms with van der Waals surface area (Å²) in [6, 6.07) is 11.2. The molecular weight excluding hydrogens is 356 g/mol. The van der Waals surface area contributed by atoms with E-state index in [0.29, 0.717) is 17.2 Å². The van der Waals surface area contributed by atoms with E-state index in [1.54, 1.807) is 12.1 Å². The van der Waals surface area contributed by atoms with Gasteiger partial charge in [-0.3, -0.25) is 4.79 Å². The van der Waals surface area contributed by atoms with Crippen molar-refractivity contribution in [1.82, 2.24) is 15.3 Å². The Kier molecular flexibility index (Phi) is 4.90. The van der Waals surface area contributed by atoms with Crippen molar-refractivity contribution in [2.24, 2.45) is 5.92 Å². The Hall–Kier alpha value is -3.09. The van der Waals surface area contributed by atoms with Gasteiger partial charge in [-0.1, -0.05) is 12.1 Å². The summed E-state index contributed by atoms with van der Waals surface area (Å²) in [6.07, 6.45) is 1.50. The monoisotopic (exact) mass is 380 g/mol. The summed E-state index contributed by atoms with van der Waals surface area (Å²) >= 11 is 0. The van der Waals surface area contributed by atoms with E-state index >= 15 is 0 Å². The predicted molar refractivity (Wildman–Crippen MR) is 106 cm³/mol. The summed E-state index contributed by atoms with van der Waals surface area (Å²) in [6.45, 7) is 5.32. The van der Waals surface area contributed by atoms with E-state index in [0.717, 1.165) is 37.2 Å². The Balaban J connectivity index is 1.35. The fourth-order valence-corrected chi connectivity index (χ4v) is 3.55. The van der Waals surface area contributed by atoms with Gasteiger partial charge in [0.05, 0.1) is 6.04 Å². The zero-order chi connectivity index (χ0) is 19.7. The van der Waals surface area contributed by atoms with Crippen LogP contribution in [-0.4, -0.2) is 34.1 Å². The van der Waals surface area contributed by atoms with Gasteiger partial charge in [0.1, 0.15) is 5.75 Å². The zero-order valence-corrected chi connectivity index (χ0v) is 16.1. The highest BCUT2D eigenvalue weighted by molar-refractivity contribution is 5.79. The third kappa shape index (κ3) is 3.78. The third-order valence-electron chi connectivity index (χ3n) is 5.27. The maximum absolute atomic E-state index is 12.6. The van der Waals surface area contributed by atoms with Crippen molar-refractivity contribution in [2.75, 3.05) is 18.0 Å². The Morgan fingerprint density at radius 3 is 2.61 bits per heavy atom. The molecule has 2 aromatic heterocycles. The molecule has 3 heterocycles. The molecule has 1 aliphatic rings. The van der Waals surface area contributed by atoms with Crippen LogP contribution in [0, 0.1) is 12.8 Å². The summed E-state index contributed by atoms with van der Waals surface area (Å²) in [5.74, 6) is 0.259. The Morgan fingerprint density at radius 1 is 1.18 bits per heavy atom. The number of nitrogens with zero attached hydrogens (tertiary/aromatic N) is 3. The molecule has 1 unspecified atom stereocenters.